The van der Waals surface area contributed by atoms with E-state index in [-0.39, 0.29) is 6.04 Å². The number of terminal acetylenes is 1. The molecule has 1 aliphatic rings. The van der Waals surface area contributed by atoms with E-state index in [4.69, 9.17) is 11.5 Å². The van der Waals surface area contributed by atoms with Gasteiger partial charge in [-0.05, 0) is 12.8 Å². The van der Waals surface area contributed by atoms with E-state index in [2.05, 4.69) is 11.2 Å². The molecule has 54 valence electrons. The largest absolute Gasteiger partial charge is 0.480 e. The van der Waals surface area contributed by atoms with Crippen LogP contribution in [0.5, 0.6) is 0 Å². The molecule has 2 atom stereocenters. The minimum Gasteiger partial charge on any atom is -0.480 e. The molecule has 3 nitrogen and oxygen atoms in total. The summed E-state index contributed by atoms with van der Waals surface area (Å²) in [6.45, 7) is 0. The Labute approximate surface area is 59.4 Å². The molecular weight excluding hydrogens is 130 g/mol. The summed E-state index contributed by atoms with van der Waals surface area (Å²) >= 11 is 0. The molecule has 1 saturated heterocycles. The molecule has 3 heteroatoms. The van der Waals surface area contributed by atoms with Crippen LogP contribution in [0.2, 0.25) is 0 Å². The van der Waals surface area contributed by atoms with Gasteiger partial charge in [0.2, 0.25) is 0 Å². The van der Waals surface area contributed by atoms with Crippen molar-refractivity contribution in [3.05, 3.63) is 0 Å². The van der Waals surface area contributed by atoms with Crippen molar-refractivity contribution in [2.75, 3.05) is 0 Å². The molecule has 1 heterocycles. The van der Waals surface area contributed by atoms with Crippen LogP contribution in [0, 0.1) is 12.3 Å². The number of hydrogen-bond donors (Lipinski definition) is 2. The van der Waals surface area contributed by atoms with E-state index < -0.39 is 12.0 Å². The van der Waals surface area contributed by atoms with E-state index in [0.717, 1.165) is 6.42 Å². The predicted molar refractivity (Wildman–Crippen MR) is 36.4 cm³/mol. The maximum absolute atomic E-state index is 10.3. The highest BCUT2D eigenvalue weighted by molar-refractivity contribution is 5.74. The van der Waals surface area contributed by atoms with E-state index in [1.54, 1.807) is 0 Å². The standard InChI is InChI=1S/C7H9NO2/c1-2-5-3-4-6(8-5)7(9)10/h1,5-6,8H,3-4H2,(H,9,10)/t5-,6-/m1/s1. The second kappa shape index (κ2) is 2.72. The highest BCUT2D eigenvalue weighted by Gasteiger charge is 2.26. The minimum atomic E-state index is -0.808. The maximum Gasteiger partial charge on any atom is 0.320 e. The van der Waals surface area contributed by atoms with Gasteiger partial charge >= 0.3 is 5.97 Å². The minimum absolute atomic E-state index is 0.0406. The van der Waals surface area contributed by atoms with Gasteiger partial charge in [-0.25, -0.2) is 0 Å². The van der Waals surface area contributed by atoms with Gasteiger partial charge in [0, 0.05) is 0 Å². The number of rotatable bonds is 1. The van der Waals surface area contributed by atoms with Crippen LogP contribution >= 0.6 is 0 Å². The summed E-state index contributed by atoms with van der Waals surface area (Å²) in [7, 11) is 0. The quantitative estimate of drug-likeness (QED) is 0.496. The second-order valence-corrected chi connectivity index (χ2v) is 2.35. The predicted octanol–water partition coefficient (Wildman–Crippen LogP) is -0.175. The van der Waals surface area contributed by atoms with Crippen LogP contribution in [-0.2, 0) is 4.79 Å². The SMILES string of the molecule is C#C[C@@H]1CC[C@H](C(=O)O)N1. The summed E-state index contributed by atoms with van der Waals surface area (Å²) in [6.07, 6.45) is 6.51. The number of nitrogens with one attached hydrogen (secondary N) is 1. The number of carboxylic acids is 1. The zero-order chi connectivity index (χ0) is 7.56. The van der Waals surface area contributed by atoms with Crippen LogP contribution in [0.3, 0.4) is 0 Å². The molecule has 1 fully saturated rings. The number of hydrogen-bond acceptors (Lipinski definition) is 2. The Morgan fingerprint density at radius 1 is 1.70 bits per heavy atom. The Morgan fingerprint density at radius 3 is 2.70 bits per heavy atom. The van der Waals surface area contributed by atoms with Gasteiger partial charge in [0.1, 0.15) is 6.04 Å². The highest BCUT2D eigenvalue weighted by Crippen LogP contribution is 2.10. The fourth-order valence-electron chi connectivity index (χ4n) is 1.07. The van der Waals surface area contributed by atoms with E-state index >= 15 is 0 Å². The van der Waals surface area contributed by atoms with Gasteiger partial charge in [0.15, 0.2) is 0 Å². The molecule has 0 aromatic rings. The van der Waals surface area contributed by atoms with Crippen molar-refractivity contribution in [1.82, 2.24) is 5.32 Å². The van der Waals surface area contributed by atoms with Crippen LogP contribution < -0.4 is 5.32 Å². The first-order valence-corrected chi connectivity index (χ1v) is 3.19. The van der Waals surface area contributed by atoms with E-state index in [0.29, 0.717) is 6.42 Å². The first-order valence-electron chi connectivity index (χ1n) is 3.19. The van der Waals surface area contributed by atoms with E-state index in [1.807, 2.05) is 0 Å². The van der Waals surface area contributed by atoms with E-state index in [1.165, 1.54) is 0 Å². The third-order valence-electron chi connectivity index (χ3n) is 1.65. The molecule has 0 radical (unpaired) electrons. The third-order valence-corrected chi connectivity index (χ3v) is 1.65. The molecule has 0 saturated carbocycles. The van der Waals surface area contributed by atoms with Gasteiger partial charge in [-0.3, -0.25) is 10.1 Å². The molecule has 0 spiro atoms. The lowest BCUT2D eigenvalue weighted by Gasteiger charge is -2.03. The van der Waals surface area contributed by atoms with E-state index in [9.17, 15) is 4.79 Å². The van der Waals surface area contributed by atoms with Crippen LogP contribution in [0.15, 0.2) is 0 Å². The summed E-state index contributed by atoms with van der Waals surface area (Å²) in [6, 6.07) is -0.470. The molecule has 1 aliphatic heterocycles. The van der Waals surface area contributed by atoms with Gasteiger partial charge in [0.25, 0.3) is 0 Å². The normalized spacial score (nSPS) is 31.5. The highest BCUT2D eigenvalue weighted by atomic mass is 16.4. The molecule has 1 rings (SSSR count). The van der Waals surface area contributed by atoms with Crippen molar-refractivity contribution < 1.29 is 9.90 Å². The van der Waals surface area contributed by atoms with Crippen molar-refractivity contribution in [3.63, 3.8) is 0 Å². The van der Waals surface area contributed by atoms with Gasteiger partial charge in [-0.1, -0.05) is 5.92 Å². The molecular formula is C7H9NO2. The number of carboxylic acid groups (broad SMARTS) is 1. The molecule has 0 aliphatic carbocycles. The number of aliphatic carboxylic acids is 1. The summed E-state index contributed by atoms with van der Waals surface area (Å²) in [5.41, 5.74) is 0. The van der Waals surface area contributed by atoms with Gasteiger partial charge in [-0.2, -0.15) is 0 Å². The molecule has 0 amide bonds. The lowest BCUT2D eigenvalue weighted by Crippen LogP contribution is -2.34. The van der Waals surface area contributed by atoms with Crippen molar-refractivity contribution in [1.29, 1.82) is 0 Å². The maximum atomic E-state index is 10.3. The van der Waals surface area contributed by atoms with Crippen LogP contribution in [0.1, 0.15) is 12.8 Å². The topological polar surface area (TPSA) is 49.3 Å². The first-order chi connectivity index (χ1) is 4.74. The third kappa shape index (κ3) is 1.28. The first kappa shape index (κ1) is 7.10. The molecule has 0 aromatic carbocycles. The molecule has 0 unspecified atom stereocenters. The summed E-state index contributed by atoms with van der Waals surface area (Å²) in [5.74, 6) is 1.67. The van der Waals surface area contributed by atoms with Crippen LogP contribution in [0.4, 0.5) is 0 Å². The number of carbonyl (C=O) groups is 1. The summed E-state index contributed by atoms with van der Waals surface area (Å²) in [4.78, 5) is 10.3. The molecule has 0 bridgehead atoms. The van der Waals surface area contributed by atoms with Crippen LogP contribution in [-0.4, -0.2) is 23.2 Å². The Morgan fingerprint density at radius 2 is 2.40 bits per heavy atom. The van der Waals surface area contributed by atoms with Crippen molar-refractivity contribution in [2.24, 2.45) is 0 Å². The Kier molecular flexibility index (Phi) is 1.93. The lowest BCUT2D eigenvalue weighted by molar-refractivity contribution is -0.139. The summed E-state index contributed by atoms with van der Waals surface area (Å²) < 4.78 is 0. The average Bonchev–Trinajstić information content (AvgIpc) is 2.34. The Bertz CT molecular complexity index is 183. The van der Waals surface area contributed by atoms with Crippen molar-refractivity contribution in [2.45, 2.75) is 24.9 Å². The Hall–Kier alpha value is -1.01. The Balaban J connectivity index is 2.45. The zero-order valence-electron chi connectivity index (χ0n) is 5.50. The molecule has 10 heavy (non-hydrogen) atoms. The summed E-state index contributed by atoms with van der Waals surface area (Å²) in [5, 5.41) is 11.3. The van der Waals surface area contributed by atoms with Crippen molar-refractivity contribution >= 4 is 5.97 Å². The zero-order valence-corrected chi connectivity index (χ0v) is 5.50. The second-order valence-electron chi connectivity index (χ2n) is 2.35. The fraction of sp³-hybridized carbons (Fsp3) is 0.571. The molecule has 2 N–H and O–H groups in total. The average molecular weight is 139 g/mol. The van der Waals surface area contributed by atoms with Crippen LogP contribution in [0.25, 0.3) is 0 Å². The smallest absolute Gasteiger partial charge is 0.320 e. The lowest BCUT2D eigenvalue weighted by atomic mass is 10.2. The monoisotopic (exact) mass is 139 g/mol. The van der Waals surface area contributed by atoms with Crippen molar-refractivity contribution in [3.8, 4) is 12.3 Å². The molecule has 0 aromatic heterocycles. The van der Waals surface area contributed by atoms with Gasteiger partial charge in [-0.15, -0.1) is 6.42 Å². The van der Waals surface area contributed by atoms with Gasteiger partial charge in [0.05, 0.1) is 6.04 Å². The fourth-order valence-corrected chi connectivity index (χ4v) is 1.07. The van der Waals surface area contributed by atoms with Gasteiger partial charge < -0.3 is 5.11 Å².